The van der Waals surface area contributed by atoms with Crippen LogP contribution in [0.5, 0.6) is 17.4 Å². The molecule has 1 aliphatic heterocycles. The molecule has 1 saturated heterocycles. The van der Waals surface area contributed by atoms with Gasteiger partial charge in [-0.25, -0.2) is 4.98 Å². The third kappa shape index (κ3) is 7.40. The van der Waals surface area contributed by atoms with Gasteiger partial charge in [0, 0.05) is 37.2 Å². The van der Waals surface area contributed by atoms with Gasteiger partial charge in [-0.15, -0.1) is 0 Å². The molecule has 3 aromatic rings. The Balaban J connectivity index is 1.55. The zero-order valence-corrected chi connectivity index (χ0v) is 24.3. The van der Waals surface area contributed by atoms with Crippen LogP contribution in [0.25, 0.3) is 0 Å². The molecule has 2 heterocycles. The highest BCUT2D eigenvalue weighted by molar-refractivity contribution is 7.99. The van der Waals surface area contributed by atoms with Crippen molar-refractivity contribution < 1.29 is 19.0 Å². The maximum atomic E-state index is 13.4. The van der Waals surface area contributed by atoms with Crippen LogP contribution in [-0.4, -0.2) is 60.4 Å². The van der Waals surface area contributed by atoms with E-state index in [0.29, 0.717) is 54.2 Å². The van der Waals surface area contributed by atoms with Gasteiger partial charge in [-0.2, -0.15) is 4.98 Å². The van der Waals surface area contributed by atoms with Crippen LogP contribution in [0.3, 0.4) is 0 Å². The maximum absolute atomic E-state index is 13.4. The maximum Gasteiger partial charge on any atom is 0.255 e. The van der Waals surface area contributed by atoms with Crippen molar-refractivity contribution in [3.05, 3.63) is 65.1 Å². The molecule has 0 saturated carbocycles. The quantitative estimate of drug-likeness (QED) is 0.327. The van der Waals surface area contributed by atoms with Crippen LogP contribution in [0.2, 0.25) is 0 Å². The van der Waals surface area contributed by atoms with Gasteiger partial charge in [0.1, 0.15) is 11.6 Å². The van der Waals surface area contributed by atoms with E-state index in [1.165, 1.54) is 11.9 Å². The second-order valence-electron chi connectivity index (χ2n) is 10.4. The van der Waals surface area contributed by atoms with Crippen molar-refractivity contribution >= 4 is 29.2 Å². The first-order chi connectivity index (χ1) is 18.7. The number of ether oxygens (including phenoxy) is 3. The van der Waals surface area contributed by atoms with Crippen molar-refractivity contribution in [3.8, 4) is 17.4 Å². The van der Waals surface area contributed by atoms with E-state index in [-0.39, 0.29) is 11.3 Å². The molecule has 1 aliphatic rings. The Labute approximate surface area is 234 Å². The summed E-state index contributed by atoms with van der Waals surface area (Å²) in [5, 5.41) is 3.04. The number of benzene rings is 2. The van der Waals surface area contributed by atoms with Crippen LogP contribution in [0.15, 0.2) is 42.6 Å². The summed E-state index contributed by atoms with van der Waals surface area (Å²) < 4.78 is 20.5. The molecule has 1 amide bonds. The van der Waals surface area contributed by atoms with Crippen LogP contribution in [-0.2, 0) is 16.7 Å². The summed E-state index contributed by atoms with van der Waals surface area (Å²) >= 11 is 1.46. The molecule has 0 spiro atoms. The summed E-state index contributed by atoms with van der Waals surface area (Å²) in [6.07, 6.45) is 3.64. The Morgan fingerprint density at radius 2 is 1.87 bits per heavy atom. The van der Waals surface area contributed by atoms with Gasteiger partial charge in [-0.3, -0.25) is 9.69 Å². The lowest BCUT2D eigenvalue weighted by Gasteiger charge is -2.25. The van der Waals surface area contributed by atoms with Crippen molar-refractivity contribution in [1.29, 1.82) is 0 Å². The third-order valence-electron chi connectivity index (χ3n) is 6.43. The summed E-state index contributed by atoms with van der Waals surface area (Å²) in [6, 6.07) is 11.1. The molecule has 1 aromatic heterocycles. The van der Waals surface area contributed by atoms with Gasteiger partial charge >= 0.3 is 0 Å². The first kappa shape index (κ1) is 28.7. The number of amides is 1. The fourth-order valence-corrected chi connectivity index (χ4v) is 4.56. The number of anilines is 2. The van der Waals surface area contributed by atoms with E-state index in [1.807, 2.05) is 25.3 Å². The van der Waals surface area contributed by atoms with E-state index in [1.54, 1.807) is 31.5 Å². The molecule has 0 aliphatic carbocycles. The number of rotatable bonds is 9. The van der Waals surface area contributed by atoms with Gasteiger partial charge < -0.3 is 24.2 Å². The van der Waals surface area contributed by atoms with Crippen molar-refractivity contribution in [2.45, 2.75) is 39.7 Å². The summed E-state index contributed by atoms with van der Waals surface area (Å²) in [6.45, 7) is 12.1. The molecular formula is C29H37N5O4S. The minimum atomic E-state index is -0.269. The normalized spacial score (nSPS) is 14.1. The second kappa shape index (κ2) is 12.7. The number of hydrogen-bond acceptors (Lipinski definition) is 9. The van der Waals surface area contributed by atoms with Crippen molar-refractivity contribution in [1.82, 2.24) is 14.9 Å². The fourth-order valence-electron chi connectivity index (χ4n) is 4.19. The topological polar surface area (TPSA) is 97.8 Å². The van der Waals surface area contributed by atoms with Gasteiger partial charge in [0.05, 0.1) is 38.2 Å². The smallest absolute Gasteiger partial charge is 0.255 e. The van der Waals surface area contributed by atoms with Crippen LogP contribution in [0, 0.1) is 6.92 Å². The number of nitrogens with zero attached hydrogens (tertiary/aromatic N) is 3. The van der Waals surface area contributed by atoms with Crippen molar-refractivity contribution in [3.63, 3.8) is 0 Å². The Morgan fingerprint density at radius 1 is 1.13 bits per heavy atom. The highest BCUT2D eigenvalue weighted by Gasteiger charge is 2.21. The predicted molar refractivity (Wildman–Crippen MR) is 156 cm³/mol. The Kier molecular flexibility index (Phi) is 9.32. The molecule has 0 bridgehead atoms. The fraction of sp³-hybridized carbons (Fsp3) is 0.414. The van der Waals surface area contributed by atoms with Gasteiger partial charge in [-0.1, -0.05) is 38.8 Å². The average Bonchev–Trinajstić information content (AvgIpc) is 2.90. The minimum absolute atomic E-state index is 0.121. The Bertz CT molecular complexity index is 1310. The zero-order chi connectivity index (χ0) is 28.0. The number of methoxy groups -OCH3 is 1. The summed E-state index contributed by atoms with van der Waals surface area (Å²) in [5.41, 5.74) is 3.69. The summed E-state index contributed by atoms with van der Waals surface area (Å²) in [5.74, 6) is 1.97. The lowest BCUT2D eigenvalue weighted by Crippen LogP contribution is -2.36. The highest BCUT2D eigenvalue weighted by Crippen LogP contribution is 2.40. The first-order valence-electron chi connectivity index (χ1n) is 12.9. The molecule has 208 valence electrons. The van der Waals surface area contributed by atoms with E-state index in [4.69, 9.17) is 14.2 Å². The molecule has 0 radical (unpaired) electrons. The molecule has 0 unspecified atom stereocenters. The molecule has 0 atom stereocenters. The number of morpholine rings is 1. The number of nitrogens with one attached hydrogen (secondary N) is 2. The zero-order valence-electron chi connectivity index (χ0n) is 23.5. The van der Waals surface area contributed by atoms with E-state index in [2.05, 4.69) is 51.7 Å². The lowest BCUT2D eigenvalue weighted by molar-refractivity contribution is 0.0330. The van der Waals surface area contributed by atoms with Crippen LogP contribution in [0.4, 0.5) is 11.4 Å². The van der Waals surface area contributed by atoms with Gasteiger partial charge in [-0.05, 0) is 47.7 Å². The van der Waals surface area contributed by atoms with Crippen LogP contribution in [0.1, 0.15) is 48.1 Å². The van der Waals surface area contributed by atoms with Crippen LogP contribution >= 0.6 is 11.9 Å². The number of hydrogen-bond donors (Lipinski definition) is 2. The predicted octanol–water partition coefficient (Wildman–Crippen LogP) is 5.66. The SMILES string of the molecule is COc1c(NSC)cc(C(C)(C)C)cc1NC(=O)c1ccc(C)c(Oc2ccnc(CN3CCOCC3)n2)c1. The summed E-state index contributed by atoms with van der Waals surface area (Å²) in [7, 11) is 1.60. The van der Waals surface area contributed by atoms with Crippen molar-refractivity contribution in [2.24, 2.45) is 0 Å². The molecule has 39 heavy (non-hydrogen) atoms. The Hall–Kier alpha value is -3.34. The van der Waals surface area contributed by atoms with Crippen molar-refractivity contribution in [2.75, 3.05) is 49.7 Å². The minimum Gasteiger partial charge on any atom is -0.492 e. The first-order valence-corrected chi connectivity index (χ1v) is 14.1. The average molecular weight is 552 g/mol. The van der Waals surface area contributed by atoms with E-state index >= 15 is 0 Å². The third-order valence-corrected chi connectivity index (χ3v) is 6.86. The highest BCUT2D eigenvalue weighted by atomic mass is 32.2. The molecule has 1 fully saturated rings. The molecule has 2 N–H and O–H groups in total. The van der Waals surface area contributed by atoms with Gasteiger partial charge in [0.2, 0.25) is 5.88 Å². The molecule has 4 rings (SSSR count). The largest absolute Gasteiger partial charge is 0.492 e. The van der Waals surface area contributed by atoms with E-state index in [9.17, 15) is 4.79 Å². The summed E-state index contributed by atoms with van der Waals surface area (Å²) in [4.78, 5) is 24.6. The number of aromatic nitrogens is 2. The molecule has 9 nitrogen and oxygen atoms in total. The molecular weight excluding hydrogens is 514 g/mol. The second-order valence-corrected chi connectivity index (χ2v) is 11.0. The van der Waals surface area contributed by atoms with E-state index < -0.39 is 0 Å². The standard InChI is InChI=1S/C29H37N5O4S/c1-19-7-8-20(15-24(19)38-26-9-10-30-25(32-26)18-34-11-13-37-14-12-34)28(35)31-22-16-21(29(2,3)4)17-23(33-39-6)27(22)36-5/h7-10,15-17,33H,11-14,18H2,1-6H3,(H,31,35). The molecule has 2 aromatic carbocycles. The monoisotopic (exact) mass is 551 g/mol. The number of carbonyl (C=O) groups is 1. The van der Waals surface area contributed by atoms with Gasteiger partial charge in [0.25, 0.3) is 5.91 Å². The number of carbonyl (C=O) groups excluding carboxylic acids is 1. The van der Waals surface area contributed by atoms with E-state index in [0.717, 1.165) is 29.9 Å². The molecule has 10 heteroatoms. The lowest BCUT2D eigenvalue weighted by atomic mass is 9.86. The van der Waals surface area contributed by atoms with Crippen LogP contribution < -0.4 is 19.5 Å². The Morgan fingerprint density at radius 3 is 2.56 bits per heavy atom. The van der Waals surface area contributed by atoms with Gasteiger partial charge in [0.15, 0.2) is 5.75 Å². The number of aryl methyl sites for hydroxylation is 1.